The first-order chi connectivity index (χ1) is 28.5. The van der Waals surface area contributed by atoms with Crippen molar-refractivity contribution in [3.8, 4) is 5.75 Å². The van der Waals surface area contributed by atoms with Crippen LogP contribution in [0.2, 0.25) is 5.04 Å². The number of nitrogens with one attached hydrogen (secondary N) is 2. The summed E-state index contributed by atoms with van der Waals surface area (Å²) in [7, 11) is -2.93. The zero-order chi connectivity index (χ0) is 43.8. The molecule has 0 aliphatic heterocycles. The Labute approximate surface area is 359 Å². The number of hydrogen-bond donors (Lipinski definition) is 2. The molecule has 4 aromatic carbocycles. The molecule has 60 heavy (non-hydrogen) atoms. The first-order valence-corrected chi connectivity index (χ1v) is 23.1. The summed E-state index contributed by atoms with van der Waals surface area (Å²) in [5.41, 5.74) is 0.928. The molecule has 0 saturated carbocycles. The molecule has 0 bridgehead atoms. The summed E-state index contributed by atoms with van der Waals surface area (Å²) in [6.45, 7) is 19.5. The smallest absolute Gasteiger partial charge is 0.329 e. The second-order valence-electron chi connectivity index (χ2n) is 17.5. The lowest BCUT2D eigenvalue weighted by molar-refractivity contribution is -0.160. The van der Waals surface area contributed by atoms with Crippen LogP contribution in [-0.2, 0) is 34.7 Å². The minimum absolute atomic E-state index is 0.166. The monoisotopic (exact) mass is 834 g/mol. The van der Waals surface area contributed by atoms with Gasteiger partial charge in [-0.3, -0.25) is 9.59 Å². The fraction of sp³-hybridized carbons (Fsp3) is 0.420. The summed E-state index contributed by atoms with van der Waals surface area (Å²) in [6.07, 6.45) is 2.62. The number of carbonyl (C=O) groups excluding carboxylic acids is 3. The lowest BCUT2D eigenvalue weighted by atomic mass is 10.0. The molecule has 0 aromatic heterocycles. The maximum absolute atomic E-state index is 13.5. The highest BCUT2D eigenvalue weighted by Gasteiger charge is 2.51. The summed E-state index contributed by atoms with van der Waals surface area (Å²) >= 11 is 0. The number of allylic oxidation sites excluding steroid dienone is 1. The fourth-order valence-corrected chi connectivity index (χ4v) is 11.7. The number of esters is 2. The van der Waals surface area contributed by atoms with E-state index in [0.717, 1.165) is 18.5 Å². The molecule has 0 aliphatic rings. The van der Waals surface area contributed by atoms with Crippen LogP contribution < -0.4 is 25.7 Å². The molecule has 0 saturated heterocycles. The van der Waals surface area contributed by atoms with Gasteiger partial charge in [0.05, 0.1) is 18.1 Å². The van der Waals surface area contributed by atoms with Crippen LogP contribution in [0.1, 0.15) is 92.7 Å². The second kappa shape index (κ2) is 22.5. The maximum Gasteiger partial charge on any atom is 0.329 e. The molecule has 1 unspecified atom stereocenters. The zero-order valence-corrected chi connectivity index (χ0v) is 38.1. The summed E-state index contributed by atoms with van der Waals surface area (Å²) < 4.78 is 25.8. The standard InChI is InChI=1S/C50H66N2O7Si/c1-10-34-51-35-39(59-60(50(7,8)9,40-24-16-12-17-25-40)41-26-18-13-19-27-41)36-56-43-29-21-20-28-42(43)44(31-30-38-22-14-11-15-23-38)57-46(54)33-32-45(53)52-47(37(2)3)48(55)58-49(4,5)6/h11-29,31,37,39,47,51H,10,30,32-36H2,1-9H3,(H,52,53)/t39?,47-/m0/s1. The van der Waals surface area contributed by atoms with Gasteiger partial charge >= 0.3 is 11.9 Å². The number of amides is 1. The number of para-hydroxylation sites is 1. The Kier molecular flexibility index (Phi) is 17.9. The third kappa shape index (κ3) is 14.0. The number of benzene rings is 4. The molecule has 0 aliphatic carbocycles. The second-order valence-corrected chi connectivity index (χ2v) is 21.7. The van der Waals surface area contributed by atoms with E-state index in [1.807, 2.05) is 86.7 Å². The highest BCUT2D eigenvalue weighted by atomic mass is 28.4. The van der Waals surface area contributed by atoms with Crippen LogP contribution in [0, 0.1) is 5.92 Å². The number of ether oxygens (including phenoxy) is 3. The van der Waals surface area contributed by atoms with E-state index in [-0.39, 0.29) is 36.5 Å². The van der Waals surface area contributed by atoms with Gasteiger partial charge in [0.2, 0.25) is 5.91 Å². The van der Waals surface area contributed by atoms with Crippen molar-refractivity contribution in [3.05, 3.63) is 132 Å². The Morgan fingerprint density at radius 1 is 0.750 bits per heavy atom. The number of hydrogen-bond acceptors (Lipinski definition) is 8. The third-order valence-corrected chi connectivity index (χ3v) is 15.0. The average molecular weight is 835 g/mol. The van der Waals surface area contributed by atoms with Crippen LogP contribution in [0.15, 0.2) is 121 Å². The average Bonchev–Trinajstić information content (AvgIpc) is 3.21. The van der Waals surface area contributed by atoms with Crippen LogP contribution in [0.3, 0.4) is 0 Å². The van der Waals surface area contributed by atoms with Crippen LogP contribution in [0.4, 0.5) is 0 Å². The first-order valence-electron chi connectivity index (χ1n) is 21.2. The summed E-state index contributed by atoms with van der Waals surface area (Å²) in [5.74, 6) is -0.908. The van der Waals surface area contributed by atoms with Gasteiger partial charge in [0.1, 0.15) is 29.8 Å². The van der Waals surface area contributed by atoms with Gasteiger partial charge in [-0.2, -0.15) is 0 Å². The van der Waals surface area contributed by atoms with Gasteiger partial charge in [-0.05, 0) is 85.3 Å². The Hall–Kier alpha value is -5.03. The minimum Gasteiger partial charge on any atom is -0.490 e. The Balaban J connectivity index is 1.61. The molecule has 1 amide bonds. The van der Waals surface area contributed by atoms with E-state index in [1.165, 1.54) is 10.4 Å². The van der Waals surface area contributed by atoms with Crippen molar-refractivity contribution in [3.63, 3.8) is 0 Å². The minimum atomic E-state index is -2.93. The van der Waals surface area contributed by atoms with E-state index >= 15 is 0 Å². The predicted molar refractivity (Wildman–Crippen MR) is 244 cm³/mol. The highest BCUT2D eigenvalue weighted by molar-refractivity contribution is 6.99. The summed E-state index contributed by atoms with van der Waals surface area (Å²) in [5, 5.41) is 8.47. The van der Waals surface area contributed by atoms with Gasteiger partial charge in [0.15, 0.2) is 0 Å². The molecule has 0 radical (unpaired) electrons. The molecule has 0 heterocycles. The van der Waals surface area contributed by atoms with E-state index in [1.54, 1.807) is 20.8 Å². The van der Waals surface area contributed by atoms with Crippen molar-refractivity contribution in [1.82, 2.24) is 10.6 Å². The molecule has 2 N–H and O–H groups in total. The molecule has 9 nitrogen and oxygen atoms in total. The summed E-state index contributed by atoms with van der Waals surface area (Å²) in [4.78, 5) is 39.4. The van der Waals surface area contributed by atoms with E-state index in [2.05, 4.69) is 86.9 Å². The zero-order valence-electron chi connectivity index (χ0n) is 37.1. The van der Waals surface area contributed by atoms with E-state index in [0.29, 0.717) is 30.0 Å². The number of rotatable bonds is 21. The molecular formula is C50H66N2O7Si. The lowest BCUT2D eigenvalue weighted by Crippen LogP contribution is -2.68. The van der Waals surface area contributed by atoms with Crippen molar-refractivity contribution < 1.29 is 33.0 Å². The molecule has 2 atom stereocenters. The SMILES string of the molecule is CCCNCC(COc1ccccc1C(=CCc1ccccc1)OC(=O)CCC(=O)N[C@H](C(=O)OC(C)(C)C)C(C)C)O[Si](c1ccccc1)(c1ccccc1)C(C)(C)C. The van der Waals surface area contributed by atoms with E-state index in [4.69, 9.17) is 18.6 Å². The van der Waals surface area contributed by atoms with Gasteiger partial charge in [0.25, 0.3) is 8.32 Å². The molecule has 4 aromatic rings. The Morgan fingerprint density at radius 2 is 1.32 bits per heavy atom. The largest absolute Gasteiger partial charge is 0.490 e. The lowest BCUT2D eigenvalue weighted by Gasteiger charge is -2.45. The van der Waals surface area contributed by atoms with Gasteiger partial charge in [-0.15, -0.1) is 0 Å². The van der Waals surface area contributed by atoms with Gasteiger partial charge in [0, 0.05) is 13.0 Å². The molecular weight excluding hydrogens is 769 g/mol. The molecule has 4 rings (SSSR count). The molecule has 10 heteroatoms. The molecule has 322 valence electrons. The van der Waals surface area contributed by atoms with Crippen LogP contribution in [0.25, 0.3) is 5.76 Å². The van der Waals surface area contributed by atoms with Crippen molar-refractivity contribution in [2.45, 2.75) is 111 Å². The van der Waals surface area contributed by atoms with Crippen LogP contribution in [-0.4, -0.2) is 63.6 Å². The van der Waals surface area contributed by atoms with Crippen molar-refractivity contribution in [2.24, 2.45) is 5.92 Å². The first kappa shape index (κ1) is 47.6. The highest BCUT2D eigenvalue weighted by Crippen LogP contribution is 2.38. The third-order valence-electron chi connectivity index (χ3n) is 9.93. The Morgan fingerprint density at radius 3 is 1.87 bits per heavy atom. The normalized spacial score (nSPS) is 13.3. The van der Waals surface area contributed by atoms with E-state index < -0.39 is 37.8 Å². The predicted octanol–water partition coefficient (Wildman–Crippen LogP) is 8.40. The topological polar surface area (TPSA) is 112 Å². The molecule has 0 fully saturated rings. The van der Waals surface area contributed by atoms with Crippen molar-refractivity contribution >= 4 is 42.3 Å². The molecule has 0 spiro atoms. The van der Waals surface area contributed by atoms with Crippen molar-refractivity contribution in [2.75, 3.05) is 19.7 Å². The quantitative estimate of drug-likeness (QED) is 0.0373. The van der Waals surface area contributed by atoms with Crippen LogP contribution >= 0.6 is 0 Å². The van der Waals surface area contributed by atoms with E-state index in [9.17, 15) is 14.4 Å². The van der Waals surface area contributed by atoms with Gasteiger partial charge in [-0.1, -0.05) is 145 Å². The van der Waals surface area contributed by atoms with Crippen molar-refractivity contribution in [1.29, 1.82) is 0 Å². The van der Waals surface area contributed by atoms with Gasteiger partial charge < -0.3 is 29.3 Å². The van der Waals surface area contributed by atoms with Gasteiger partial charge in [-0.25, -0.2) is 4.79 Å². The van der Waals surface area contributed by atoms with Crippen LogP contribution in [0.5, 0.6) is 5.75 Å². The maximum atomic E-state index is 13.5. The fourth-order valence-electron chi connectivity index (χ4n) is 7.02. The Bertz CT molecular complexity index is 1930. The number of carbonyl (C=O) groups is 3. The summed E-state index contributed by atoms with van der Waals surface area (Å²) in [6, 6.07) is 37.7.